The summed E-state index contributed by atoms with van der Waals surface area (Å²) in [4.78, 5) is 0. The fourth-order valence-corrected chi connectivity index (χ4v) is 2.99. The lowest BCUT2D eigenvalue weighted by atomic mass is 10.1. The van der Waals surface area contributed by atoms with Crippen LogP contribution < -0.4 is 5.32 Å². The molecule has 5 heteroatoms. The van der Waals surface area contributed by atoms with Crippen LogP contribution in [0.15, 0.2) is 28.7 Å². The van der Waals surface area contributed by atoms with E-state index in [-0.39, 0.29) is 17.5 Å². The van der Waals surface area contributed by atoms with E-state index in [0.29, 0.717) is 6.54 Å². The van der Waals surface area contributed by atoms with Crippen molar-refractivity contribution in [2.45, 2.75) is 26.8 Å². The van der Waals surface area contributed by atoms with Gasteiger partial charge in [-0.25, -0.2) is 8.42 Å². The van der Waals surface area contributed by atoms with Crippen LogP contribution in [-0.4, -0.2) is 26.5 Å². The lowest BCUT2D eigenvalue weighted by molar-refractivity contribution is 0.455. The molecule has 1 heterocycles. The van der Waals surface area contributed by atoms with E-state index in [1.165, 1.54) is 0 Å². The van der Waals surface area contributed by atoms with Crippen molar-refractivity contribution in [3.8, 4) is 0 Å². The molecule has 1 atom stereocenters. The molecule has 0 aliphatic rings. The van der Waals surface area contributed by atoms with Crippen molar-refractivity contribution in [1.82, 2.24) is 5.32 Å². The summed E-state index contributed by atoms with van der Waals surface area (Å²) in [5.41, 5.74) is 1.98. The Balaban J connectivity index is 2.08. The van der Waals surface area contributed by atoms with Gasteiger partial charge >= 0.3 is 0 Å². The first-order valence-corrected chi connectivity index (χ1v) is 8.68. The van der Waals surface area contributed by atoms with Crippen LogP contribution in [0.4, 0.5) is 0 Å². The fraction of sp³-hybridized carbons (Fsp3) is 0.467. The van der Waals surface area contributed by atoms with Gasteiger partial charge in [0, 0.05) is 17.7 Å². The summed E-state index contributed by atoms with van der Waals surface area (Å²) in [6, 6.07) is 7.91. The molecule has 1 N–H and O–H groups in total. The normalized spacial score (nSPS) is 13.8. The van der Waals surface area contributed by atoms with Gasteiger partial charge in [0.2, 0.25) is 0 Å². The molecule has 1 aromatic heterocycles. The molecule has 0 spiro atoms. The van der Waals surface area contributed by atoms with Gasteiger partial charge in [0.15, 0.2) is 9.84 Å². The lowest BCUT2D eigenvalue weighted by Gasteiger charge is -2.12. The molecule has 2 aromatic rings. The summed E-state index contributed by atoms with van der Waals surface area (Å²) in [7, 11) is -2.93. The number of furan rings is 1. The minimum Gasteiger partial charge on any atom is -0.459 e. The highest BCUT2D eigenvalue weighted by Crippen LogP contribution is 2.28. The first-order chi connectivity index (χ1) is 9.44. The zero-order chi connectivity index (χ0) is 14.8. The molecule has 0 aliphatic carbocycles. The number of para-hydroxylation sites is 1. The van der Waals surface area contributed by atoms with E-state index < -0.39 is 9.84 Å². The second kappa shape index (κ2) is 5.97. The van der Waals surface area contributed by atoms with E-state index in [2.05, 4.69) is 5.32 Å². The maximum Gasteiger partial charge on any atom is 0.151 e. The molecular weight excluding hydrogens is 274 g/mol. The van der Waals surface area contributed by atoms with Gasteiger partial charge in [0.05, 0.1) is 11.8 Å². The highest BCUT2D eigenvalue weighted by molar-refractivity contribution is 7.91. The number of fused-ring (bicyclic) bond motifs is 1. The SMILES string of the molecule is CCS(=O)(=O)CCN[C@H](C)c1oc2ccccc2c1C. The standard InChI is InChI=1S/C15H21NO3S/c1-4-20(17,18)10-9-16-12(3)15-11(2)13-7-5-6-8-14(13)19-15/h5-8,12,16H,4,9-10H2,1-3H3/t12-/m1/s1. The Hall–Kier alpha value is -1.33. The van der Waals surface area contributed by atoms with Gasteiger partial charge in [-0.2, -0.15) is 0 Å². The minimum absolute atomic E-state index is 0.00513. The molecule has 4 nitrogen and oxygen atoms in total. The molecule has 0 saturated carbocycles. The van der Waals surface area contributed by atoms with Crippen molar-refractivity contribution in [3.63, 3.8) is 0 Å². The first-order valence-electron chi connectivity index (χ1n) is 6.86. The van der Waals surface area contributed by atoms with Crippen molar-refractivity contribution < 1.29 is 12.8 Å². The number of nitrogens with one attached hydrogen (secondary N) is 1. The van der Waals surface area contributed by atoms with Gasteiger partial charge in [0.25, 0.3) is 0 Å². The maximum atomic E-state index is 11.5. The topological polar surface area (TPSA) is 59.3 Å². The predicted octanol–water partition coefficient (Wildman–Crippen LogP) is 2.83. The number of hydrogen-bond donors (Lipinski definition) is 1. The van der Waals surface area contributed by atoms with Gasteiger partial charge < -0.3 is 9.73 Å². The van der Waals surface area contributed by atoms with Gasteiger partial charge in [-0.05, 0) is 25.5 Å². The zero-order valence-electron chi connectivity index (χ0n) is 12.1. The van der Waals surface area contributed by atoms with E-state index in [0.717, 1.165) is 22.3 Å². The van der Waals surface area contributed by atoms with Crippen LogP contribution in [0, 0.1) is 6.92 Å². The quantitative estimate of drug-likeness (QED) is 0.890. The summed E-state index contributed by atoms with van der Waals surface area (Å²) >= 11 is 0. The highest BCUT2D eigenvalue weighted by atomic mass is 32.2. The van der Waals surface area contributed by atoms with Crippen LogP contribution in [-0.2, 0) is 9.84 Å². The molecule has 0 fully saturated rings. The zero-order valence-corrected chi connectivity index (χ0v) is 13.0. The largest absolute Gasteiger partial charge is 0.459 e. The summed E-state index contributed by atoms with van der Waals surface area (Å²) < 4.78 is 28.8. The van der Waals surface area contributed by atoms with E-state index in [9.17, 15) is 8.42 Å². The van der Waals surface area contributed by atoms with Gasteiger partial charge in [-0.1, -0.05) is 25.1 Å². The average molecular weight is 295 g/mol. The Morgan fingerprint density at radius 1 is 1.30 bits per heavy atom. The molecule has 0 bridgehead atoms. The smallest absolute Gasteiger partial charge is 0.151 e. The van der Waals surface area contributed by atoms with Crippen molar-refractivity contribution in [2.24, 2.45) is 0 Å². The van der Waals surface area contributed by atoms with E-state index >= 15 is 0 Å². The van der Waals surface area contributed by atoms with Crippen LogP contribution in [0.2, 0.25) is 0 Å². The molecule has 0 aliphatic heterocycles. The fourth-order valence-electron chi connectivity index (χ4n) is 2.27. The third-order valence-electron chi connectivity index (χ3n) is 3.58. The van der Waals surface area contributed by atoms with Crippen LogP contribution >= 0.6 is 0 Å². The maximum absolute atomic E-state index is 11.5. The molecule has 0 unspecified atom stereocenters. The average Bonchev–Trinajstić information content (AvgIpc) is 2.76. The molecule has 0 saturated heterocycles. The highest BCUT2D eigenvalue weighted by Gasteiger charge is 2.16. The van der Waals surface area contributed by atoms with Crippen molar-refractivity contribution in [3.05, 3.63) is 35.6 Å². The predicted molar refractivity (Wildman–Crippen MR) is 81.7 cm³/mol. The number of hydrogen-bond acceptors (Lipinski definition) is 4. The number of rotatable bonds is 6. The molecule has 2 rings (SSSR count). The van der Waals surface area contributed by atoms with Gasteiger partial charge in [-0.15, -0.1) is 0 Å². The Bertz CT molecular complexity index is 688. The van der Waals surface area contributed by atoms with Gasteiger partial charge in [0.1, 0.15) is 11.3 Å². The Morgan fingerprint density at radius 3 is 2.65 bits per heavy atom. The molecule has 110 valence electrons. The minimum atomic E-state index is -2.93. The van der Waals surface area contributed by atoms with Crippen LogP contribution in [0.25, 0.3) is 11.0 Å². The second-order valence-corrected chi connectivity index (χ2v) is 7.47. The number of benzene rings is 1. The Labute approximate surface area is 120 Å². The third-order valence-corrected chi connectivity index (χ3v) is 5.28. The summed E-state index contributed by atoms with van der Waals surface area (Å²) in [5, 5.41) is 4.33. The molecule has 20 heavy (non-hydrogen) atoms. The summed E-state index contributed by atoms with van der Waals surface area (Å²) in [5.74, 6) is 1.22. The van der Waals surface area contributed by atoms with Crippen molar-refractivity contribution in [1.29, 1.82) is 0 Å². The molecular formula is C15H21NO3S. The molecule has 0 amide bonds. The first kappa shape index (κ1) is 15.1. The summed E-state index contributed by atoms with van der Waals surface area (Å²) in [6.45, 7) is 6.13. The Morgan fingerprint density at radius 2 is 2.00 bits per heavy atom. The van der Waals surface area contributed by atoms with Crippen molar-refractivity contribution in [2.75, 3.05) is 18.1 Å². The molecule has 1 aromatic carbocycles. The van der Waals surface area contributed by atoms with Crippen molar-refractivity contribution >= 4 is 20.8 Å². The molecule has 0 radical (unpaired) electrons. The third kappa shape index (κ3) is 3.22. The monoisotopic (exact) mass is 295 g/mol. The number of sulfone groups is 1. The Kier molecular flexibility index (Phi) is 4.50. The lowest BCUT2D eigenvalue weighted by Crippen LogP contribution is -2.26. The number of aryl methyl sites for hydroxylation is 1. The van der Waals surface area contributed by atoms with E-state index in [4.69, 9.17) is 4.42 Å². The second-order valence-electron chi connectivity index (χ2n) is 5.00. The van der Waals surface area contributed by atoms with Crippen LogP contribution in [0.5, 0.6) is 0 Å². The summed E-state index contributed by atoms with van der Waals surface area (Å²) in [6.07, 6.45) is 0. The van der Waals surface area contributed by atoms with Gasteiger partial charge in [-0.3, -0.25) is 0 Å². The van der Waals surface area contributed by atoms with E-state index in [1.807, 2.05) is 38.1 Å². The van der Waals surface area contributed by atoms with Crippen LogP contribution in [0.3, 0.4) is 0 Å². The van der Waals surface area contributed by atoms with E-state index in [1.54, 1.807) is 6.92 Å². The van der Waals surface area contributed by atoms with Crippen LogP contribution in [0.1, 0.15) is 31.2 Å².